The minimum absolute atomic E-state index is 0.536. The van der Waals surface area contributed by atoms with Crippen LogP contribution in [0.2, 0.25) is 0 Å². The number of hydrogen-bond acceptors (Lipinski definition) is 3. The molecule has 76 valence electrons. The molecule has 1 aromatic heterocycles. The smallest absolute Gasteiger partial charge is 0.102 e. The van der Waals surface area contributed by atoms with Crippen molar-refractivity contribution in [2.45, 2.75) is 43.4 Å². The van der Waals surface area contributed by atoms with Gasteiger partial charge in [0.25, 0.3) is 0 Å². The molecule has 2 bridgehead atoms. The monoisotopic (exact) mass is 209 g/mol. The standard InChI is InChI=1S/C11H15NOS/c13-11(10-2-1-5-14-10)6-8-3-4-9(7-11)12-8/h1-2,5,8-9,12-13H,3-4,6-7H2. The van der Waals surface area contributed by atoms with Gasteiger partial charge in [0.15, 0.2) is 0 Å². The molecule has 3 heterocycles. The van der Waals surface area contributed by atoms with E-state index in [0.29, 0.717) is 12.1 Å². The van der Waals surface area contributed by atoms with Crippen LogP contribution in [0.5, 0.6) is 0 Å². The van der Waals surface area contributed by atoms with E-state index in [1.54, 1.807) is 11.3 Å². The second-order valence-electron chi connectivity index (χ2n) is 4.55. The lowest BCUT2D eigenvalue weighted by atomic mass is 9.86. The van der Waals surface area contributed by atoms with Crippen LogP contribution in [0.25, 0.3) is 0 Å². The van der Waals surface area contributed by atoms with Gasteiger partial charge >= 0.3 is 0 Å². The van der Waals surface area contributed by atoms with Gasteiger partial charge in [-0.1, -0.05) is 6.07 Å². The first kappa shape index (κ1) is 8.89. The third-order valence-electron chi connectivity index (χ3n) is 3.48. The zero-order valence-corrected chi connectivity index (χ0v) is 8.89. The summed E-state index contributed by atoms with van der Waals surface area (Å²) in [6.45, 7) is 0. The van der Waals surface area contributed by atoms with Crippen molar-refractivity contribution in [1.82, 2.24) is 5.32 Å². The molecule has 2 saturated heterocycles. The Morgan fingerprint density at radius 3 is 2.64 bits per heavy atom. The predicted octanol–water partition coefficient (Wildman–Crippen LogP) is 1.85. The van der Waals surface area contributed by atoms with Gasteiger partial charge in [-0.15, -0.1) is 11.3 Å². The lowest BCUT2D eigenvalue weighted by Crippen LogP contribution is -2.46. The Kier molecular flexibility index (Phi) is 1.94. The van der Waals surface area contributed by atoms with Gasteiger partial charge in [-0.2, -0.15) is 0 Å². The van der Waals surface area contributed by atoms with Crippen LogP contribution in [-0.4, -0.2) is 17.2 Å². The SMILES string of the molecule is OC1(c2cccs2)CC2CCC(C1)N2. The number of fused-ring (bicyclic) bond motifs is 2. The van der Waals surface area contributed by atoms with E-state index in [2.05, 4.69) is 16.8 Å². The summed E-state index contributed by atoms with van der Waals surface area (Å²) in [6, 6.07) is 5.18. The Balaban J connectivity index is 1.90. The average molecular weight is 209 g/mol. The molecule has 3 rings (SSSR count). The highest BCUT2D eigenvalue weighted by atomic mass is 32.1. The van der Waals surface area contributed by atoms with E-state index >= 15 is 0 Å². The van der Waals surface area contributed by atoms with Crippen LogP contribution < -0.4 is 5.32 Å². The zero-order chi connectivity index (χ0) is 9.60. The summed E-state index contributed by atoms with van der Waals surface area (Å²) in [5.41, 5.74) is -0.536. The maximum Gasteiger partial charge on any atom is 0.102 e. The maximum absolute atomic E-state index is 10.6. The lowest BCUT2D eigenvalue weighted by molar-refractivity contribution is -0.00811. The summed E-state index contributed by atoms with van der Waals surface area (Å²) in [5.74, 6) is 0. The molecule has 1 aromatic rings. The molecule has 3 heteroatoms. The van der Waals surface area contributed by atoms with Gasteiger partial charge in [-0.25, -0.2) is 0 Å². The van der Waals surface area contributed by atoms with Crippen LogP contribution in [0.3, 0.4) is 0 Å². The normalized spacial score (nSPS) is 41.5. The van der Waals surface area contributed by atoms with Gasteiger partial charge in [0.2, 0.25) is 0 Å². The molecule has 2 aliphatic rings. The van der Waals surface area contributed by atoms with Gasteiger partial charge in [0.05, 0.1) is 0 Å². The summed E-state index contributed by atoms with van der Waals surface area (Å²) < 4.78 is 0. The van der Waals surface area contributed by atoms with Crippen LogP contribution in [0.4, 0.5) is 0 Å². The molecule has 2 aliphatic heterocycles. The fourth-order valence-electron chi connectivity index (χ4n) is 2.87. The van der Waals surface area contributed by atoms with Crippen molar-refractivity contribution in [3.05, 3.63) is 22.4 Å². The minimum atomic E-state index is -0.536. The Morgan fingerprint density at radius 2 is 2.07 bits per heavy atom. The third-order valence-corrected chi connectivity index (χ3v) is 4.55. The molecule has 2 fully saturated rings. The minimum Gasteiger partial charge on any atom is -0.384 e. The second-order valence-corrected chi connectivity index (χ2v) is 5.50. The van der Waals surface area contributed by atoms with E-state index in [1.165, 1.54) is 12.8 Å². The zero-order valence-electron chi connectivity index (χ0n) is 8.07. The first-order valence-corrected chi connectivity index (χ1v) is 6.17. The summed E-state index contributed by atoms with van der Waals surface area (Å²) in [5, 5.41) is 16.2. The topological polar surface area (TPSA) is 32.3 Å². The first-order chi connectivity index (χ1) is 6.76. The summed E-state index contributed by atoms with van der Waals surface area (Å²) in [7, 11) is 0. The molecule has 0 spiro atoms. The van der Waals surface area contributed by atoms with Crippen molar-refractivity contribution in [2.75, 3.05) is 0 Å². The van der Waals surface area contributed by atoms with Crippen molar-refractivity contribution in [1.29, 1.82) is 0 Å². The van der Waals surface area contributed by atoms with Crippen LogP contribution >= 0.6 is 11.3 Å². The number of nitrogens with one attached hydrogen (secondary N) is 1. The van der Waals surface area contributed by atoms with Crippen molar-refractivity contribution in [3.63, 3.8) is 0 Å². The van der Waals surface area contributed by atoms with E-state index in [0.717, 1.165) is 17.7 Å². The number of piperidine rings is 1. The molecule has 14 heavy (non-hydrogen) atoms. The largest absolute Gasteiger partial charge is 0.384 e. The number of hydrogen-bond donors (Lipinski definition) is 2. The molecular formula is C11H15NOS. The highest BCUT2D eigenvalue weighted by molar-refractivity contribution is 7.10. The van der Waals surface area contributed by atoms with Crippen molar-refractivity contribution < 1.29 is 5.11 Å². The van der Waals surface area contributed by atoms with E-state index < -0.39 is 5.60 Å². The first-order valence-electron chi connectivity index (χ1n) is 5.29. The summed E-state index contributed by atoms with van der Waals surface area (Å²) in [4.78, 5) is 1.15. The van der Waals surface area contributed by atoms with Gasteiger partial charge in [0, 0.05) is 17.0 Å². The second kappa shape index (κ2) is 3.05. The Bertz CT molecular complexity index is 310. The van der Waals surface area contributed by atoms with Crippen LogP contribution in [0.1, 0.15) is 30.6 Å². The van der Waals surface area contributed by atoms with Crippen molar-refractivity contribution in [3.8, 4) is 0 Å². The number of aliphatic hydroxyl groups is 1. The van der Waals surface area contributed by atoms with Gasteiger partial charge in [-0.05, 0) is 37.1 Å². The third kappa shape index (κ3) is 1.31. The van der Waals surface area contributed by atoms with E-state index in [4.69, 9.17) is 0 Å². The molecule has 0 amide bonds. The maximum atomic E-state index is 10.6. The Morgan fingerprint density at radius 1 is 1.36 bits per heavy atom. The molecule has 2 unspecified atom stereocenters. The van der Waals surface area contributed by atoms with Gasteiger partial charge in [0.1, 0.15) is 5.60 Å². The fraction of sp³-hybridized carbons (Fsp3) is 0.636. The number of rotatable bonds is 1. The molecule has 2 nitrogen and oxygen atoms in total. The molecule has 0 saturated carbocycles. The van der Waals surface area contributed by atoms with Gasteiger partial charge < -0.3 is 10.4 Å². The quantitative estimate of drug-likeness (QED) is 0.740. The highest BCUT2D eigenvalue weighted by Gasteiger charge is 2.43. The molecule has 0 aliphatic carbocycles. The van der Waals surface area contributed by atoms with Crippen LogP contribution in [0, 0.1) is 0 Å². The van der Waals surface area contributed by atoms with E-state index in [-0.39, 0.29) is 0 Å². The van der Waals surface area contributed by atoms with Crippen molar-refractivity contribution >= 4 is 11.3 Å². The molecule has 2 N–H and O–H groups in total. The number of thiophene rings is 1. The molecule has 0 radical (unpaired) electrons. The van der Waals surface area contributed by atoms with Crippen molar-refractivity contribution in [2.24, 2.45) is 0 Å². The van der Waals surface area contributed by atoms with E-state index in [9.17, 15) is 5.11 Å². The van der Waals surface area contributed by atoms with E-state index in [1.807, 2.05) is 6.07 Å². The van der Waals surface area contributed by atoms with Gasteiger partial charge in [-0.3, -0.25) is 0 Å². The highest BCUT2D eigenvalue weighted by Crippen LogP contribution is 2.42. The molecule has 0 aromatic carbocycles. The van der Waals surface area contributed by atoms with Crippen LogP contribution in [0.15, 0.2) is 17.5 Å². The fourth-order valence-corrected chi connectivity index (χ4v) is 3.71. The van der Waals surface area contributed by atoms with Crippen LogP contribution in [-0.2, 0) is 5.60 Å². The lowest BCUT2D eigenvalue weighted by Gasteiger charge is -2.36. The summed E-state index contributed by atoms with van der Waals surface area (Å²) >= 11 is 1.68. The molecular weight excluding hydrogens is 194 g/mol. The predicted molar refractivity (Wildman–Crippen MR) is 57.4 cm³/mol. The average Bonchev–Trinajstić information content (AvgIpc) is 2.75. The Hall–Kier alpha value is -0.380. The summed E-state index contributed by atoms with van der Waals surface area (Å²) in [6.07, 6.45) is 4.25. The Labute approximate surface area is 88.0 Å². The molecule has 2 atom stereocenters.